The lowest BCUT2D eigenvalue weighted by molar-refractivity contribution is 0.348. The molecule has 0 aliphatic rings. The van der Waals surface area contributed by atoms with Gasteiger partial charge in [-0.3, -0.25) is 5.41 Å². The van der Waals surface area contributed by atoms with Gasteiger partial charge in [0.05, 0.1) is 5.84 Å². The Balaban J connectivity index is 4.15. The van der Waals surface area contributed by atoms with Gasteiger partial charge in [0, 0.05) is 18.5 Å². The molecular weight excluding hydrogens is 136 g/mol. The monoisotopic (exact) mass is 156 g/mol. The Hall–Kier alpha value is -0.530. The highest BCUT2D eigenvalue weighted by atomic mass is 15.2. The molecule has 0 bridgehead atoms. The van der Waals surface area contributed by atoms with Crippen LogP contribution in [0.1, 0.15) is 34.6 Å². The van der Waals surface area contributed by atoms with Crippen molar-refractivity contribution >= 4 is 5.84 Å². The molecule has 0 spiro atoms. The Morgan fingerprint density at radius 2 is 1.73 bits per heavy atom. The molecule has 1 N–H and O–H groups in total. The lowest BCUT2D eigenvalue weighted by Crippen LogP contribution is -2.38. The van der Waals surface area contributed by atoms with E-state index in [4.69, 9.17) is 5.41 Å². The van der Waals surface area contributed by atoms with Crippen LogP contribution < -0.4 is 0 Å². The molecule has 0 saturated carbocycles. The van der Waals surface area contributed by atoms with Crippen LogP contribution in [0.3, 0.4) is 0 Å². The Morgan fingerprint density at radius 1 is 1.27 bits per heavy atom. The summed E-state index contributed by atoms with van der Waals surface area (Å²) in [5, 5.41) is 7.76. The predicted octanol–water partition coefficient (Wildman–Crippen LogP) is 2.35. The first-order chi connectivity index (χ1) is 5.00. The van der Waals surface area contributed by atoms with E-state index in [2.05, 4.69) is 39.5 Å². The van der Waals surface area contributed by atoms with E-state index in [0.29, 0.717) is 12.0 Å². The molecule has 0 aromatic carbocycles. The molecular formula is C9H20N2. The van der Waals surface area contributed by atoms with Crippen LogP contribution in [0.15, 0.2) is 0 Å². The quantitative estimate of drug-likeness (QED) is 0.493. The van der Waals surface area contributed by atoms with Gasteiger partial charge >= 0.3 is 0 Å². The standard InChI is InChI=1S/C9H20N2/c1-6-11(8(4)5)9(10)7(2)3/h7-8,10H,6H2,1-5H3. The van der Waals surface area contributed by atoms with Gasteiger partial charge in [0.25, 0.3) is 0 Å². The van der Waals surface area contributed by atoms with Gasteiger partial charge in [0.15, 0.2) is 0 Å². The third-order valence-corrected chi connectivity index (χ3v) is 1.82. The molecule has 2 heteroatoms. The van der Waals surface area contributed by atoms with Crippen LogP contribution in [0, 0.1) is 11.3 Å². The van der Waals surface area contributed by atoms with Crippen molar-refractivity contribution < 1.29 is 0 Å². The lowest BCUT2D eigenvalue weighted by Gasteiger charge is -2.29. The molecule has 0 aliphatic heterocycles. The molecule has 0 fully saturated rings. The minimum Gasteiger partial charge on any atom is -0.358 e. The van der Waals surface area contributed by atoms with E-state index in [-0.39, 0.29) is 0 Å². The van der Waals surface area contributed by atoms with Gasteiger partial charge in [-0.15, -0.1) is 0 Å². The minimum atomic E-state index is 0.345. The average Bonchev–Trinajstić information content (AvgIpc) is 1.88. The second-order valence-corrected chi connectivity index (χ2v) is 3.42. The van der Waals surface area contributed by atoms with Gasteiger partial charge in [-0.25, -0.2) is 0 Å². The number of hydrogen-bond acceptors (Lipinski definition) is 1. The Morgan fingerprint density at radius 3 is 1.82 bits per heavy atom. The van der Waals surface area contributed by atoms with E-state index in [0.717, 1.165) is 12.4 Å². The van der Waals surface area contributed by atoms with E-state index in [1.807, 2.05) is 0 Å². The first kappa shape index (κ1) is 10.5. The van der Waals surface area contributed by atoms with Gasteiger partial charge in [-0.05, 0) is 20.8 Å². The van der Waals surface area contributed by atoms with Crippen LogP contribution in [0.25, 0.3) is 0 Å². The molecule has 0 aromatic rings. The van der Waals surface area contributed by atoms with Crippen molar-refractivity contribution in [3.63, 3.8) is 0 Å². The largest absolute Gasteiger partial charge is 0.358 e. The highest BCUT2D eigenvalue weighted by molar-refractivity contribution is 5.81. The first-order valence-electron chi connectivity index (χ1n) is 4.35. The minimum absolute atomic E-state index is 0.345. The van der Waals surface area contributed by atoms with E-state index in [9.17, 15) is 0 Å². The van der Waals surface area contributed by atoms with E-state index < -0.39 is 0 Å². The molecule has 0 atom stereocenters. The molecule has 0 heterocycles. The molecule has 11 heavy (non-hydrogen) atoms. The normalized spacial score (nSPS) is 10.8. The predicted molar refractivity (Wildman–Crippen MR) is 50.1 cm³/mol. The first-order valence-corrected chi connectivity index (χ1v) is 4.35. The summed E-state index contributed by atoms with van der Waals surface area (Å²) in [6, 6.07) is 0.454. The molecule has 66 valence electrons. The molecule has 0 radical (unpaired) electrons. The molecule has 0 amide bonds. The summed E-state index contributed by atoms with van der Waals surface area (Å²) in [5.74, 6) is 1.10. The topological polar surface area (TPSA) is 27.1 Å². The van der Waals surface area contributed by atoms with Crippen LogP contribution in [0.5, 0.6) is 0 Å². The second-order valence-electron chi connectivity index (χ2n) is 3.42. The van der Waals surface area contributed by atoms with Gasteiger partial charge in [0.1, 0.15) is 0 Å². The third-order valence-electron chi connectivity index (χ3n) is 1.82. The van der Waals surface area contributed by atoms with Crippen molar-refractivity contribution in [2.75, 3.05) is 6.54 Å². The molecule has 0 saturated heterocycles. The summed E-state index contributed by atoms with van der Waals surface area (Å²) in [7, 11) is 0. The molecule has 0 rings (SSSR count). The van der Waals surface area contributed by atoms with Crippen molar-refractivity contribution in [1.82, 2.24) is 4.90 Å². The number of hydrogen-bond donors (Lipinski definition) is 1. The fraction of sp³-hybridized carbons (Fsp3) is 0.889. The number of amidine groups is 1. The lowest BCUT2D eigenvalue weighted by atomic mass is 10.1. The second kappa shape index (κ2) is 4.37. The maximum atomic E-state index is 7.76. The van der Waals surface area contributed by atoms with Crippen LogP contribution in [0.2, 0.25) is 0 Å². The Bertz CT molecular complexity index is 128. The summed E-state index contributed by atoms with van der Waals surface area (Å²) in [4.78, 5) is 2.12. The van der Waals surface area contributed by atoms with Crippen LogP contribution in [-0.2, 0) is 0 Å². The fourth-order valence-electron chi connectivity index (χ4n) is 1.15. The van der Waals surface area contributed by atoms with Crippen molar-refractivity contribution in [2.45, 2.75) is 40.7 Å². The molecule has 0 aliphatic carbocycles. The van der Waals surface area contributed by atoms with Gasteiger partial charge in [0.2, 0.25) is 0 Å². The maximum absolute atomic E-state index is 7.76. The summed E-state index contributed by atoms with van der Waals surface area (Å²) >= 11 is 0. The summed E-state index contributed by atoms with van der Waals surface area (Å²) in [6.07, 6.45) is 0. The van der Waals surface area contributed by atoms with E-state index >= 15 is 0 Å². The van der Waals surface area contributed by atoms with Crippen molar-refractivity contribution in [3.05, 3.63) is 0 Å². The molecule has 0 unspecified atom stereocenters. The summed E-state index contributed by atoms with van der Waals surface area (Å²) < 4.78 is 0. The van der Waals surface area contributed by atoms with E-state index in [1.165, 1.54) is 0 Å². The van der Waals surface area contributed by atoms with Gasteiger partial charge < -0.3 is 4.90 Å². The summed E-state index contributed by atoms with van der Waals surface area (Å²) in [6.45, 7) is 11.4. The smallest absolute Gasteiger partial charge is 0.0986 e. The van der Waals surface area contributed by atoms with Crippen molar-refractivity contribution in [2.24, 2.45) is 5.92 Å². The number of rotatable bonds is 3. The third kappa shape index (κ3) is 2.91. The molecule has 0 aromatic heterocycles. The average molecular weight is 156 g/mol. The van der Waals surface area contributed by atoms with Crippen molar-refractivity contribution in [1.29, 1.82) is 5.41 Å². The highest BCUT2D eigenvalue weighted by Gasteiger charge is 2.13. The Kier molecular flexibility index (Phi) is 4.16. The van der Waals surface area contributed by atoms with Crippen LogP contribution >= 0.6 is 0 Å². The van der Waals surface area contributed by atoms with Gasteiger partial charge in [-0.2, -0.15) is 0 Å². The maximum Gasteiger partial charge on any atom is 0.0986 e. The zero-order chi connectivity index (χ0) is 9.02. The number of nitrogens with zero attached hydrogens (tertiary/aromatic N) is 1. The summed E-state index contributed by atoms with van der Waals surface area (Å²) in [5.41, 5.74) is 0. The fourth-order valence-corrected chi connectivity index (χ4v) is 1.15. The van der Waals surface area contributed by atoms with Crippen LogP contribution in [0.4, 0.5) is 0 Å². The van der Waals surface area contributed by atoms with Crippen molar-refractivity contribution in [3.8, 4) is 0 Å². The number of nitrogens with one attached hydrogen (secondary N) is 1. The van der Waals surface area contributed by atoms with Crippen LogP contribution in [-0.4, -0.2) is 23.3 Å². The van der Waals surface area contributed by atoms with Gasteiger partial charge in [-0.1, -0.05) is 13.8 Å². The van der Waals surface area contributed by atoms with E-state index in [1.54, 1.807) is 0 Å². The highest BCUT2D eigenvalue weighted by Crippen LogP contribution is 2.05. The molecule has 2 nitrogen and oxygen atoms in total. The zero-order valence-electron chi connectivity index (χ0n) is 8.31. The Labute approximate surface area is 70.1 Å². The zero-order valence-corrected chi connectivity index (χ0v) is 8.31. The SMILES string of the molecule is CCN(C(=N)C(C)C)C(C)C.